The smallest absolute Gasteiger partial charge is 0.275 e. The van der Waals surface area contributed by atoms with Gasteiger partial charge in [-0.2, -0.15) is 0 Å². The normalized spacial score (nSPS) is 14.2. The molecule has 3 N–H and O–H groups in total. The zero-order valence-electron chi connectivity index (χ0n) is 21.8. The first kappa shape index (κ1) is 29.8. The number of nitrogens with one attached hydrogen (secondary N) is 3. The van der Waals surface area contributed by atoms with Crippen LogP contribution in [0.3, 0.4) is 0 Å². The Morgan fingerprint density at radius 3 is 2.68 bits per heavy atom. The Balaban J connectivity index is 1.71. The van der Waals surface area contributed by atoms with Crippen LogP contribution in [0.2, 0.25) is 0 Å². The predicted octanol–water partition coefficient (Wildman–Crippen LogP) is 1.70. The first-order valence-corrected chi connectivity index (χ1v) is 15.0. The van der Waals surface area contributed by atoms with Crippen molar-refractivity contribution in [2.75, 3.05) is 70.1 Å². The lowest BCUT2D eigenvalue weighted by Crippen LogP contribution is -2.39. The van der Waals surface area contributed by atoms with Crippen LogP contribution in [0.1, 0.15) is 40.1 Å². The number of anilines is 2. The fraction of sp³-hybridized carbons (Fsp3) is 0.542. The molecular formula is C24H35N5O7S2. The molecule has 0 spiro atoms. The summed E-state index contributed by atoms with van der Waals surface area (Å²) < 4.78 is 41.0. The minimum absolute atomic E-state index is 0.0322. The van der Waals surface area contributed by atoms with Gasteiger partial charge in [0, 0.05) is 51.9 Å². The topological polar surface area (TPSA) is 148 Å². The number of benzene rings is 1. The van der Waals surface area contributed by atoms with E-state index in [2.05, 4.69) is 20.3 Å². The van der Waals surface area contributed by atoms with Gasteiger partial charge in [0.15, 0.2) is 5.13 Å². The Morgan fingerprint density at radius 1 is 1.21 bits per heavy atom. The van der Waals surface area contributed by atoms with E-state index in [1.54, 1.807) is 30.7 Å². The lowest BCUT2D eigenvalue weighted by Gasteiger charge is -2.23. The van der Waals surface area contributed by atoms with E-state index >= 15 is 0 Å². The fourth-order valence-electron chi connectivity index (χ4n) is 3.59. The van der Waals surface area contributed by atoms with Gasteiger partial charge in [-0.25, -0.2) is 18.1 Å². The molecule has 14 heteroatoms. The van der Waals surface area contributed by atoms with Crippen LogP contribution in [-0.2, 0) is 19.5 Å². The number of nitrogens with zero attached hydrogens (tertiary/aromatic N) is 2. The molecule has 1 aliphatic heterocycles. The van der Waals surface area contributed by atoms with Crippen LogP contribution >= 0.6 is 11.3 Å². The van der Waals surface area contributed by atoms with Gasteiger partial charge >= 0.3 is 0 Å². The Bertz CT molecular complexity index is 1180. The number of amides is 2. The average Bonchev–Trinajstić information content (AvgIpc) is 3.38. The molecule has 1 fully saturated rings. The minimum Gasteiger partial charge on any atom is -0.494 e. The summed E-state index contributed by atoms with van der Waals surface area (Å²) in [6, 6.07) is 4.80. The van der Waals surface area contributed by atoms with E-state index in [1.807, 2.05) is 11.9 Å². The summed E-state index contributed by atoms with van der Waals surface area (Å²) in [5.74, 6) is -0.349. The molecule has 12 nitrogen and oxygen atoms in total. The SMILES string of the molecule is COCCN(C)c1nc(C(=O)Nc2ccc(OCCCNS(C)(=O)=O)cc2C(=O)NC2CCOCC2)cs1. The number of carbonyl (C=O) groups is 2. The largest absolute Gasteiger partial charge is 0.494 e. The number of thiazole rings is 1. The summed E-state index contributed by atoms with van der Waals surface area (Å²) in [5, 5.41) is 8.16. The van der Waals surface area contributed by atoms with Crippen LogP contribution in [0.15, 0.2) is 23.6 Å². The van der Waals surface area contributed by atoms with Crippen molar-refractivity contribution in [3.8, 4) is 5.75 Å². The molecule has 0 aliphatic carbocycles. The monoisotopic (exact) mass is 569 g/mol. The maximum atomic E-state index is 13.2. The molecule has 1 aliphatic rings. The number of sulfonamides is 1. The Morgan fingerprint density at radius 2 is 1.97 bits per heavy atom. The average molecular weight is 570 g/mol. The first-order chi connectivity index (χ1) is 18.2. The number of aromatic nitrogens is 1. The summed E-state index contributed by atoms with van der Waals surface area (Å²) in [4.78, 5) is 32.5. The van der Waals surface area contributed by atoms with Crippen LogP contribution in [0.5, 0.6) is 5.75 Å². The molecule has 2 amide bonds. The van der Waals surface area contributed by atoms with Crippen LogP contribution in [0.25, 0.3) is 0 Å². The van der Waals surface area contributed by atoms with Gasteiger partial charge in [0.25, 0.3) is 11.8 Å². The van der Waals surface area contributed by atoms with Crippen LogP contribution in [-0.4, -0.2) is 91.2 Å². The lowest BCUT2D eigenvalue weighted by molar-refractivity contribution is 0.0696. The molecule has 2 aromatic rings. The molecule has 1 aromatic heterocycles. The third-order valence-corrected chi connectivity index (χ3v) is 7.36. The Kier molecular flexibility index (Phi) is 11.3. The standard InChI is InChI=1S/C24H35N5O7S2/c1-29(10-14-34-2)24-28-21(16-37-24)23(31)27-20-6-5-18(36-11-4-9-25-38(3,32)33)15-19(20)22(30)26-17-7-12-35-13-8-17/h5-6,15-17,25H,4,7-14H2,1-3H3,(H,26,30)(H,27,31). The molecule has 1 saturated heterocycles. The van der Waals surface area contributed by atoms with Gasteiger partial charge in [0.2, 0.25) is 10.0 Å². The van der Waals surface area contributed by atoms with E-state index in [0.29, 0.717) is 62.2 Å². The highest BCUT2D eigenvalue weighted by Crippen LogP contribution is 2.25. The van der Waals surface area contributed by atoms with Gasteiger partial charge in [-0.05, 0) is 37.5 Å². The lowest BCUT2D eigenvalue weighted by atomic mass is 10.1. The molecule has 0 bridgehead atoms. The maximum absolute atomic E-state index is 13.2. The van der Waals surface area contributed by atoms with Crippen LogP contribution < -0.4 is 25.0 Å². The number of rotatable bonds is 14. The van der Waals surface area contributed by atoms with E-state index in [-0.39, 0.29) is 36.4 Å². The molecular weight excluding hydrogens is 534 g/mol. The highest BCUT2D eigenvalue weighted by molar-refractivity contribution is 7.88. The van der Waals surface area contributed by atoms with Gasteiger partial charge in [-0.3, -0.25) is 9.59 Å². The fourth-order valence-corrected chi connectivity index (χ4v) is 4.90. The number of methoxy groups -OCH3 is 1. The van der Waals surface area contributed by atoms with Crippen molar-refractivity contribution in [2.24, 2.45) is 0 Å². The van der Waals surface area contributed by atoms with Crippen molar-refractivity contribution in [3.63, 3.8) is 0 Å². The van der Waals surface area contributed by atoms with Crippen molar-refractivity contribution in [3.05, 3.63) is 34.8 Å². The summed E-state index contributed by atoms with van der Waals surface area (Å²) in [5.41, 5.74) is 0.820. The number of ether oxygens (including phenoxy) is 3. The number of carbonyl (C=O) groups excluding carboxylic acids is 2. The van der Waals surface area contributed by atoms with Crippen molar-refractivity contribution >= 4 is 44.0 Å². The van der Waals surface area contributed by atoms with Crippen molar-refractivity contribution < 1.29 is 32.2 Å². The zero-order chi connectivity index (χ0) is 27.5. The van der Waals surface area contributed by atoms with Gasteiger partial charge < -0.3 is 29.7 Å². The third-order valence-electron chi connectivity index (χ3n) is 5.68. The molecule has 0 saturated carbocycles. The Labute approximate surface area is 227 Å². The summed E-state index contributed by atoms with van der Waals surface area (Å²) in [6.07, 6.45) is 2.95. The van der Waals surface area contributed by atoms with E-state index in [1.165, 1.54) is 11.3 Å². The second-order valence-electron chi connectivity index (χ2n) is 8.82. The molecule has 2 heterocycles. The highest BCUT2D eigenvalue weighted by Gasteiger charge is 2.22. The van der Waals surface area contributed by atoms with Crippen molar-refractivity contribution in [1.29, 1.82) is 0 Å². The molecule has 210 valence electrons. The molecule has 1 aromatic carbocycles. The molecule has 3 rings (SSSR count). The number of hydrogen-bond donors (Lipinski definition) is 3. The van der Waals surface area contributed by atoms with E-state index in [4.69, 9.17) is 14.2 Å². The summed E-state index contributed by atoms with van der Waals surface area (Å²) in [7, 11) is 0.222. The van der Waals surface area contributed by atoms with Crippen molar-refractivity contribution in [1.82, 2.24) is 15.0 Å². The highest BCUT2D eigenvalue weighted by atomic mass is 32.2. The minimum atomic E-state index is -3.27. The maximum Gasteiger partial charge on any atom is 0.275 e. The molecule has 0 unspecified atom stereocenters. The van der Waals surface area contributed by atoms with Gasteiger partial charge in [-0.1, -0.05) is 0 Å². The second kappa shape index (κ2) is 14.4. The van der Waals surface area contributed by atoms with Crippen LogP contribution in [0, 0.1) is 0 Å². The summed E-state index contributed by atoms with van der Waals surface area (Å²) in [6.45, 7) is 2.79. The van der Waals surface area contributed by atoms with E-state index < -0.39 is 15.9 Å². The van der Waals surface area contributed by atoms with Gasteiger partial charge in [0.05, 0.1) is 30.7 Å². The van der Waals surface area contributed by atoms with Gasteiger partial charge in [0.1, 0.15) is 11.4 Å². The predicted molar refractivity (Wildman–Crippen MR) is 146 cm³/mol. The van der Waals surface area contributed by atoms with Crippen molar-refractivity contribution in [2.45, 2.75) is 25.3 Å². The van der Waals surface area contributed by atoms with E-state index in [9.17, 15) is 18.0 Å². The quantitative estimate of drug-likeness (QED) is 0.289. The van der Waals surface area contributed by atoms with Gasteiger partial charge in [-0.15, -0.1) is 11.3 Å². The number of hydrogen-bond acceptors (Lipinski definition) is 10. The number of likely N-dealkylation sites (N-methyl/N-ethyl adjacent to an activating group) is 1. The third kappa shape index (κ3) is 9.51. The first-order valence-electron chi connectivity index (χ1n) is 12.2. The molecule has 0 atom stereocenters. The molecule has 38 heavy (non-hydrogen) atoms. The van der Waals surface area contributed by atoms with Crippen LogP contribution in [0.4, 0.5) is 10.8 Å². The second-order valence-corrected chi connectivity index (χ2v) is 11.5. The Hall–Kier alpha value is -2.78. The van der Waals surface area contributed by atoms with E-state index in [0.717, 1.165) is 6.26 Å². The summed E-state index contributed by atoms with van der Waals surface area (Å²) >= 11 is 1.34. The zero-order valence-corrected chi connectivity index (χ0v) is 23.5. The molecule has 0 radical (unpaired) electrons.